The van der Waals surface area contributed by atoms with Gasteiger partial charge in [-0.15, -0.1) is 0 Å². The van der Waals surface area contributed by atoms with Crippen LogP contribution in [0.3, 0.4) is 0 Å². The van der Waals surface area contributed by atoms with Crippen LogP contribution in [0, 0.1) is 6.92 Å². The highest BCUT2D eigenvalue weighted by Gasteiger charge is 2.18. The van der Waals surface area contributed by atoms with Gasteiger partial charge in [0, 0.05) is 0 Å². The van der Waals surface area contributed by atoms with Crippen LogP contribution in [0.15, 0.2) is 30.3 Å². The number of aryl methyl sites for hydroxylation is 2. The molecule has 0 fully saturated rings. The highest BCUT2D eigenvalue weighted by Crippen LogP contribution is 2.36. The third kappa shape index (κ3) is 4.56. The van der Waals surface area contributed by atoms with Gasteiger partial charge in [-0.25, -0.2) is 0 Å². The lowest BCUT2D eigenvalue weighted by molar-refractivity contribution is 0.451. The number of phenolic OH excluding ortho intramolecular Hbond substituents is 2. The minimum Gasteiger partial charge on any atom is -0.508 e. The van der Waals surface area contributed by atoms with Gasteiger partial charge in [-0.05, 0) is 78.8 Å². The maximum atomic E-state index is 10.7. The van der Waals surface area contributed by atoms with Crippen LogP contribution in [-0.2, 0) is 12.8 Å². The first kappa shape index (κ1) is 19.4. The molecule has 2 atom stereocenters. The van der Waals surface area contributed by atoms with E-state index in [2.05, 4.69) is 52.8 Å². The molecule has 136 valence electrons. The third-order valence-corrected chi connectivity index (χ3v) is 5.34. The Bertz CT molecular complexity index is 718. The first-order chi connectivity index (χ1) is 11.9. The quantitative estimate of drug-likeness (QED) is 0.628. The predicted octanol–water partition coefficient (Wildman–Crippen LogP) is 6.22. The van der Waals surface area contributed by atoms with Gasteiger partial charge in [0.1, 0.15) is 11.5 Å². The topological polar surface area (TPSA) is 40.5 Å². The molecule has 2 aromatic rings. The minimum atomic E-state index is 0.247. The summed E-state index contributed by atoms with van der Waals surface area (Å²) in [6.45, 7) is 10.7. The van der Waals surface area contributed by atoms with Crippen molar-refractivity contribution in [3.8, 4) is 11.5 Å². The fourth-order valence-corrected chi connectivity index (χ4v) is 3.56. The Labute approximate surface area is 152 Å². The summed E-state index contributed by atoms with van der Waals surface area (Å²) in [6, 6.07) is 10.1. The highest BCUT2D eigenvalue weighted by atomic mass is 16.3. The molecule has 2 heteroatoms. The Morgan fingerprint density at radius 3 is 2.24 bits per heavy atom. The summed E-state index contributed by atoms with van der Waals surface area (Å²) in [7, 11) is 0. The summed E-state index contributed by atoms with van der Waals surface area (Å²) in [5.74, 6) is 1.47. The van der Waals surface area contributed by atoms with E-state index >= 15 is 0 Å². The van der Waals surface area contributed by atoms with Crippen LogP contribution in [0.4, 0.5) is 0 Å². The minimum absolute atomic E-state index is 0.247. The van der Waals surface area contributed by atoms with Gasteiger partial charge >= 0.3 is 0 Å². The lowest BCUT2D eigenvalue weighted by atomic mass is 9.85. The van der Waals surface area contributed by atoms with Crippen molar-refractivity contribution in [1.29, 1.82) is 0 Å². The first-order valence-electron chi connectivity index (χ1n) is 9.54. The Morgan fingerprint density at radius 2 is 1.64 bits per heavy atom. The fraction of sp³-hybridized carbons (Fsp3) is 0.478. The monoisotopic (exact) mass is 340 g/mol. The molecule has 0 radical (unpaired) electrons. The zero-order valence-corrected chi connectivity index (χ0v) is 16.3. The molecule has 0 aliphatic carbocycles. The summed E-state index contributed by atoms with van der Waals surface area (Å²) in [5.41, 5.74) is 5.58. The number of aromatic hydroxyl groups is 2. The van der Waals surface area contributed by atoms with Gasteiger partial charge in [0.05, 0.1) is 0 Å². The molecule has 0 heterocycles. The molecular weight excluding hydrogens is 308 g/mol. The molecule has 0 aromatic heterocycles. The molecule has 2 unspecified atom stereocenters. The summed E-state index contributed by atoms with van der Waals surface area (Å²) < 4.78 is 0. The van der Waals surface area contributed by atoms with Crippen molar-refractivity contribution in [3.63, 3.8) is 0 Å². The van der Waals surface area contributed by atoms with E-state index in [1.807, 2.05) is 12.1 Å². The summed E-state index contributed by atoms with van der Waals surface area (Å²) in [4.78, 5) is 0. The second-order valence-corrected chi connectivity index (χ2v) is 7.27. The second kappa shape index (κ2) is 8.42. The van der Waals surface area contributed by atoms with Crippen LogP contribution >= 0.6 is 0 Å². The van der Waals surface area contributed by atoms with Gasteiger partial charge in [0.2, 0.25) is 0 Å². The maximum absolute atomic E-state index is 10.7. The summed E-state index contributed by atoms with van der Waals surface area (Å²) >= 11 is 0. The molecular formula is C23H32O2. The number of phenols is 2. The average molecular weight is 341 g/mol. The molecule has 0 aliphatic heterocycles. The van der Waals surface area contributed by atoms with Crippen molar-refractivity contribution < 1.29 is 10.2 Å². The van der Waals surface area contributed by atoms with Crippen molar-refractivity contribution in [2.45, 2.75) is 72.1 Å². The van der Waals surface area contributed by atoms with Crippen LogP contribution in [0.2, 0.25) is 0 Å². The van der Waals surface area contributed by atoms with E-state index in [0.717, 1.165) is 42.4 Å². The third-order valence-electron chi connectivity index (χ3n) is 5.34. The van der Waals surface area contributed by atoms with E-state index < -0.39 is 0 Å². The smallest absolute Gasteiger partial charge is 0.122 e. The Kier molecular flexibility index (Phi) is 6.52. The van der Waals surface area contributed by atoms with Crippen molar-refractivity contribution in [2.24, 2.45) is 0 Å². The van der Waals surface area contributed by atoms with E-state index in [1.54, 1.807) is 0 Å². The zero-order chi connectivity index (χ0) is 18.6. The van der Waals surface area contributed by atoms with Gasteiger partial charge in [0.15, 0.2) is 0 Å². The standard InChI is InChI=1S/C23H32O2/c1-6-16(5)20-12-17(13-21(24)14-20)11-18(7-2)22-10-15(4)9-19(8-3)23(22)25/h9-10,12-14,16,18,24-25H,6-8,11H2,1-5H3. The van der Waals surface area contributed by atoms with Gasteiger partial charge in [-0.3, -0.25) is 0 Å². The molecule has 2 nitrogen and oxygen atoms in total. The van der Waals surface area contributed by atoms with Crippen molar-refractivity contribution in [3.05, 3.63) is 58.1 Å². The molecule has 0 aliphatic rings. The number of hydrogen-bond acceptors (Lipinski definition) is 2. The molecule has 2 aromatic carbocycles. The lowest BCUT2D eigenvalue weighted by Crippen LogP contribution is -2.05. The largest absolute Gasteiger partial charge is 0.508 e. The van der Waals surface area contributed by atoms with Crippen LogP contribution < -0.4 is 0 Å². The summed E-state index contributed by atoms with van der Waals surface area (Å²) in [5, 5.41) is 20.8. The van der Waals surface area contributed by atoms with E-state index in [9.17, 15) is 10.2 Å². The SMILES string of the molecule is CCc1cc(C)cc(C(CC)Cc2cc(O)cc(C(C)CC)c2)c1O. The predicted molar refractivity (Wildman–Crippen MR) is 106 cm³/mol. The van der Waals surface area contributed by atoms with Crippen molar-refractivity contribution in [1.82, 2.24) is 0 Å². The fourth-order valence-electron chi connectivity index (χ4n) is 3.56. The van der Waals surface area contributed by atoms with Crippen LogP contribution in [-0.4, -0.2) is 10.2 Å². The van der Waals surface area contributed by atoms with Crippen LogP contribution in [0.5, 0.6) is 11.5 Å². The number of benzene rings is 2. The second-order valence-electron chi connectivity index (χ2n) is 7.27. The van der Waals surface area contributed by atoms with Crippen LogP contribution in [0.1, 0.15) is 80.2 Å². The van der Waals surface area contributed by atoms with E-state index in [1.165, 1.54) is 11.1 Å². The molecule has 2 rings (SSSR count). The zero-order valence-electron chi connectivity index (χ0n) is 16.3. The Hall–Kier alpha value is -1.96. The van der Waals surface area contributed by atoms with Gasteiger partial charge in [-0.1, -0.05) is 51.5 Å². The molecule has 0 bridgehead atoms. The maximum Gasteiger partial charge on any atom is 0.122 e. The molecule has 0 amide bonds. The molecule has 0 spiro atoms. The summed E-state index contributed by atoms with van der Waals surface area (Å²) in [6.07, 6.45) is 3.67. The van der Waals surface area contributed by atoms with Crippen molar-refractivity contribution in [2.75, 3.05) is 0 Å². The normalized spacial score (nSPS) is 13.6. The molecule has 2 N–H and O–H groups in total. The number of hydrogen-bond donors (Lipinski definition) is 2. The molecule has 0 saturated heterocycles. The van der Waals surface area contributed by atoms with E-state index in [4.69, 9.17) is 0 Å². The number of rotatable bonds is 7. The Morgan fingerprint density at radius 1 is 0.920 bits per heavy atom. The van der Waals surface area contributed by atoms with Gasteiger partial charge in [-0.2, -0.15) is 0 Å². The van der Waals surface area contributed by atoms with Gasteiger partial charge in [0.25, 0.3) is 0 Å². The molecule has 25 heavy (non-hydrogen) atoms. The van der Waals surface area contributed by atoms with E-state index in [-0.39, 0.29) is 5.92 Å². The average Bonchev–Trinajstić information content (AvgIpc) is 2.60. The van der Waals surface area contributed by atoms with E-state index in [0.29, 0.717) is 17.4 Å². The first-order valence-corrected chi connectivity index (χ1v) is 9.54. The Balaban J connectivity index is 2.38. The lowest BCUT2D eigenvalue weighted by Gasteiger charge is -2.20. The van der Waals surface area contributed by atoms with Crippen molar-refractivity contribution >= 4 is 0 Å². The van der Waals surface area contributed by atoms with Crippen LogP contribution in [0.25, 0.3) is 0 Å². The van der Waals surface area contributed by atoms with Gasteiger partial charge < -0.3 is 10.2 Å². The molecule has 0 saturated carbocycles. The highest BCUT2D eigenvalue weighted by molar-refractivity contribution is 5.46.